The maximum absolute atomic E-state index is 13.0. The first kappa shape index (κ1) is 21.9. The molecule has 2 aliphatic rings. The van der Waals surface area contributed by atoms with Gasteiger partial charge in [0.2, 0.25) is 11.8 Å². The summed E-state index contributed by atoms with van der Waals surface area (Å²) in [6.45, 7) is 18.2. The minimum absolute atomic E-state index is 0.0295. The second kappa shape index (κ2) is 6.88. The summed E-state index contributed by atoms with van der Waals surface area (Å²) in [7, 11) is -2.04. The number of amides is 3. The summed E-state index contributed by atoms with van der Waals surface area (Å²) in [6, 6.07) is -0.353. The summed E-state index contributed by atoms with van der Waals surface area (Å²) in [4.78, 5) is 38.4. The molecule has 2 aliphatic heterocycles. The van der Waals surface area contributed by atoms with Gasteiger partial charge in [0.25, 0.3) is 0 Å². The number of hydrogen-bond donors (Lipinski definition) is 1. The summed E-state index contributed by atoms with van der Waals surface area (Å²) in [6.07, 6.45) is -0.914. The first-order valence-corrected chi connectivity index (χ1v) is 12.5. The van der Waals surface area contributed by atoms with E-state index in [-0.39, 0.29) is 35.6 Å². The van der Waals surface area contributed by atoms with E-state index in [0.29, 0.717) is 0 Å². The quantitative estimate of drug-likeness (QED) is 0.568. The number of hydrogen-bond acceptors (Lipinski definition) is 5. The van der Waals surface area contributed by atoms with Crippen molar-refractivity contribution < 1.29 is 23.5 Å². The van der Waals surface area contributed by atoms with Gasteiger partial charge in [-0.15, -0.1) is 0 Å². The Kier molecular flexibility index (Phi) is 5.58. The molecule has 0 unspecified atom stereocenters. The first-order chi connectivity index (χ1) is 12.1. The molecule has 0 aromatic rings. The molecule has 2 fully saturated rings. The van der Waals surface area contributed by atoms with Crippen molar-refractivity contribution in [1.82, 2.24) is 10.2 Å². The highest BCUT2D eigenvalue weighted by molar-refractivity contribution is 6.74. The molecule has 2 saturated heterocycles. The molecule has 0 bridgehead atoms. The van der Waals surface area contributed by atoms with Gasteiger partial charge in [-0.25, -0.2) is 9.69 Å². The molecule has 27 heavy (non-hydrogen) atoms. The van der Waals surface area contributed by atoms with Crippen molar-refractivity contribution in [1.29, 1.82) is 0 Å². The number of carbonyl (C=O) groups is 3. The summed E-state index contributed by atoms with van der Waals surface area (Å²) in [5.74, 6) is -1.37. The Balaban J connectivity index is 2.13. The predicted molar refractivity (Wildman–Crippen MR) is 105 cm³/mol. The lowest BCUT2D eigenvalue weighted by molar-refractivity contribution is -0.147. The van der Waals surface area contributed by atoms with E-state index in [1.165, 1.54) is 4.90 Å². The summed E-state index contributed by atoms with van der Waals surface area (Å²) < 4.78 is 11.4. The van der Waals surface area contributed by atoms with Crippen molar-refractivity contribution in [3.05, 3.63) is 0 Å². The summed E-state index contributed by atoms with van der Waals surface area (Å²) >= 11 is 0. The lowest BCUT2D eigenvalue weighted by Gasteiger charge is -2.47. The molecule has 0 saturated carbocycles. The van der Waals surface area contributed by atoms with Crippen LogP contribution in [-0.4, -0.2) is 55.4 Å². The Morgan fingerprint density at radius 1 is 1.30 bits per heavy atom. The zero-order valence-electron chi connectivity index (χ0n) is 18.0. The monoisotopic (exact) mass is 398 g/mol. The van der Waals surface area contributed by atoms with Gasteiger partial charge in [0.15, 0.2) is 8.32 Å². The van der Waals surface area contributed by atoms with E-state index in [0.717, 1.165) is 0 Å². The normalized spacial score (nSPS) is 27.5. The molecule has 3 amide bonds. The lowest BCUT2D eigenvalue weighted by atomic mass is 9.78. The SMILES string of the molecule is C[C@H](O[Si](C)(C)C(C)(C)C)[C@H]1C(=O)N[C@H]1[C@@H](C)C(=O)N1C(=O)OCC1(C)C. The van der Waals surface area contributed by atoms with E-state index in [1.807, 2.05) is 6.92 Å². The van der Waals surface area contributed by atoms with E-state index < -0.39 is 31.8 Å². The van der Waals surface area contributed by atoms with Crippen molar-refractivity contribution in [3.8, 4) is 0 Å². The number of carbonyl (C=O) groups excluding carboxylic acids is 3. The number of β-lactam (4-membered cyclic amide) rings is 1. The highest BCUT2D eigenvalue weighted by Gasteiger charge is 2.53. The number of nitrogens with one attached hydrogen (secondary N) is 1. The van der Waals surface area contributed by atoms with E-state index in [9.17, 15) is 14.4 Å². The largest absolute Gasteiger partial charge is 0.447 e. The molecule has 8 heteroatoms. The zero-order chi connectivity index (χ0) is 20.9. The standard InChI is InChI=1S/C19H34N2O5Si/c1-11(16(23)21-17(24)25-10-19(21,6)7)14-13(15(22)20-14)12(2)26-27(8,9)18(3,4)5/h11-14H,10H2,1-9H3,(H,20,22)/t11-,12+,13-,14+/m1/s1. The van der Waals surface area contributed by atoms with Crippen LogP contribution < -0.4 is 5.32 Å². The average molecular weight is 399 g/mol. The van der Waals surface area contributed by atoms with Crippen LogP contribution in [0.5, 0.6) is 0 Å². The van der Waals surface area contributed by atoms with Crippen LogP contribution >= 0.6 is 0 Å². The number of nitrogens with zero attached hydrogens (tertiary/aromatic N) is 1. The van der Waals surface area contributed by atoms with Crippen LogP contribution in [0.1, 0.15) is 48.5 Å². The lowest BCUT2D eigenvalue weighted by Crippen LogP contribution is -2.68. The van der Waals surface area contributed by atoms with Crippen LogP contribution in [0.2, 0.25) is 18.1 Å². The molecular formula is C19H34N2O5Si. The second-order valence-electron chi connectivity index (χ2n) is 9.97. The Morgan fingerprint density at radius 2 is 1.85 bits per heavy atom. The predicted octanol–water partition coefficient (Wildman–Crippen LogP) is 2.90. The fourth-order valence-corrected chi connectivity index (χ4v) is 4.86. The van der Waals surface area contributed by atoms with Crippen LogP contribution in [0.25, 0.3) is 0 Å². The Bertz CT molecular complexity index is 641. The molecule has 0 aromatic carbocycles. The van der Waals surface area contributed by atoms with Gasteiger partial charge in [0, 0.05) is 0 Å². The molecule has 7 nitrogen and oxygen atoms in total. The third-order valence-electron chi connectivity index (χ3n) is 6.28. The van der Waals surface area contributed by atoms with Crippen molar-refractivity contribution in [3.63, 3.8) is 0 Å². The minimum atomic E-state index is -2.04. The molecule has 1 N–H and O–H groups in total. The zero-order valence-corrected chi connectivity index (χ0v) is 19.0. The number of rotatable bonds is 5. The minimum Gasteiger partial charge on any atom is -0.447 e. The topological polar surface area (TPSA) is 84.9 Å². The fourth-order valence-electron chi connectivity index (χ4n) is 3.43. The van der Waals surface area contributed by atoms with Gasteiger partial charge in [0.05, 0.1) is 29.5 Å². The molecule has 2 rings (SSSR count). The van der Waals surface area contributed by atoms with Gasteiger partial charge in [-0.3, -0.25) is 9.59 Å². The van der Waals surface area contributed by atoms with Crippen LogP contribution in [-0.2, 0) is 18.8 Å². The second-order valence-corrected chi connectivity index (χ2v) is 14.7. The van der Waals surface area contributed by atoms with Gasteiger partial charge in [0.1, 0.15) is 6.61 Å². The maximum Gasteiger partial charge on any atom is 0.417 e. The van der Waals surface area contributed by atoms with Gasteiger partial charge >= 0.3 is 6.09 Å². The summed E-state index contributed by atoms with van der Waals surface area (Å²) in [5, 5.41) is 2.87. The highest BCUT2D eigenvalue weighted by atomic mass is 28.4. The van der Waals surface area contributed by atoms with Crippen molar-refractivity contribution in [2.75, 3.05) is 6.61 Å². The third kappa shape index (κ3) is 3.92. The van der Waals surface area contributed by atoms with Gasteiger partial charge < -0.3 is 14.5 Å². The molecule has 0 radical (unpaired) electrons. The number of cyclic esters (lactones) is 1. The van der Waals surface area contributed by atoms with Crippen LogP contribution in [0.3, 0.4) is 0 Å². The first-order valence-electron chi connectivity index (χ1n) is 9.59. The molecule has 0 aliphatic carbocycles. The van der Waals surface area contributed by atoms with Gasteiger partial charge in [-0.2, -0.15) is 0 Å². The van der Waals surface area contributed by atoms with Crippen LogP contribution in [0.4, 0.5) is 4.79 Å². The van der Waals surface area contributed by atoms with Gasteiger partial charge in [-0.05, 0) is 38.9 Å². The molecule has 0 spiro atoms. The Labute approximate surface area is 163 Å². The fraction of sp³-hybridized carbons (Fsp3) is 0.842. The van der Waals surface area contributed by atoms with Crippen molar-refractivity contribution >= 4 is 26.2 Å². The van der Waals surface area contributed by atoms with Crippen LogP contribution in [0.15, 0.2) is 0 Å². The summed E-state index contributed by atoms with van der Waals surface area (Å²) in [5.41, 5.74) is -0.686. The van der Waals surface area contributed by atoms with E-state index in [1.54, 1.807) is 20.8 Å². The molecule has 0 aromatic heterocycles. The smallest absolute Gasteiger partial charge is 0.417 e. The Morgan fingerprint density at radius 3 is 2.26 bits per heavy atom. The van der Waals surface area contributed by atoms with Crippen LogP contribution in [0, 0.1) is 11.8 Å². The van der Waals surface area contributed by atoms with Gasteiger partial charge in [-0.1, -0.05) is 27.7 Å². The van der Waals surface area contributed by atoms with E-state index in [2.05, 4.69) is 39.2 Å². The van der Waals surface area contributed by atoms with Crippen molar-refractivity contribution in [2.24, 2.45) is 11.8 Å². The van der Waals surface area contributed by atoms with E-state index in [4.69, 9.17) is 9.16 Å². The third-order valence-corrected chi connectivity index (χ3v) is 10.8. The number of imide groups is 1. The Hall–Kier alpha value is -1.41. The number of ether oxygens (including phenoxy) is 1. The molecular weight excluding hydrogens is 364 g/mol. The average Bonchev–Trinajstić information content (AvgIpc) is 2.74. The highest BCUT2D eigenvalue weighted by Crippen LogP contribution is 2.40. The maximum atomic E-state index is 13.0. The molecule has 154 valence electrons. The van der Waals surface area contributed by atoms with Crippen molar-refractivity contribution in [2.45, 2.75) is 84.3 Å². The molecule has 4 atom stereocenters. The van der Waals surface area contributed by atoms with E-state index >= 15 is 0 Å². The molecule has 2 heterocycles.